The third-order valence-corrected chi connectivity index (χ3v) is 2.47. The van der Waals surface area contributed by atoms with Gasteiger partial charge in [0.2, 0.25) is 0 Å². The first-order valence-corrected chi connectivity index (χ1v) is 5.31. The molecule has 0 spiro atoms. The van der Waals surface area contributed by atoms with Gasteiger partial charge in [-0.25, -0.2) is 4.98 Å². The summed E-state index contributed by atoms with van der Waals surface area (Å²) in [7, 11) is 0. The summed E-state index contributed by atoms with van der Waals surface area (Å²) >= 11 is 0. The first kappa shape index (κ1) is 9.77. The number of fused-ring (bicyclic) bond motifs is 1. The Kier molecular flexibility index (Phi) is 2.22. The van der Waals surface area contributed by atoms with Crippen LogP contribution in [0.5, 0.6) is 0 Å². The number of anilines is 2. The van der Waals surface area contributed by atoms with Gasteiger partial charge in [0.15, 0.2) is 5.65 Å². The summed E-state index contributed by atoms with van der Waals surface area (Å²) in [5, 5.41) is 7.46. The van der Waals surface area contributed by atoms with Gasteiger partial charge < -0.3 is 5.32 Å². The Morgan fingerprint density at radius 2 is 2.12 bits per heavy atom. The highest BCUT2D eigenvalue weighted by Crippen LogP contribution is 2.16. The maximum absolute atomic E-state index is 4.16. The van der Waals surface area contributed by atoms with Crippen LogP contribution in [0.15, 0.2) is 42.9 Å². The van der Waals surface area contributed by atoms with E-state index in [4.69, 9.17) is 0 Å². The highest BCUT2D eigenvalue weighted by atomic mass is 15.3. The van der Waals surface area contributed by atoms with Gasteiger partial charge in [-0.05, 0) is 31.2 Å². The molecule has 0 saturated carbocycles. The lowest BCUT2D eigenvalue weighted by molar-refractivity contribution is 0.968. The summed E-state index contributed by atoms with van der Waals surface area (Å²) in [6.07, 6.45) is 3.32. The molecule has 0 atom stereocenters. The van der Waals surface area contributed by atoms with Crippen molar-refractivity contribution < 1.29 is 0 Å². The molecule has 3 rings (SSSR count). The molecule has 3 aromatic heterocycles. The van der Waals surface area contributed by atoms with Gasteiger partial charge >= 0.3 is 0 Å². The molecule has 0 radical (unpaired) electrons. The van der Waals surface area contributed by atoms with Gasteiger partial charge in [-0.3, -0.25) is 4.98 Å². The minimum atomic E-state index is 0.820. The van der Waals surface area contributed by atoms with Crippen molar-refractivity contribution in [3.63, 3.8) is 0 Å². The Hall–Kier alpha value is -2.43. The Bertz CT molecular complexity index is 659. The lowest BCUT2D eigenvalue weighted by Gasteiger charge is -2.07. The number of aromatic nitrogens is 4. The average molecular weight is 225 g/mol. The monoisotopic (exact) mass is 225 g/mol. The van der Waals surface area contributed by atoms with E-state index in [0.29, 0.717) is 0 Å². The normalized spacial score (nSPS) is 10.6. The third kappa shape index (κ3) is 1.82. The molecule has 3 aromatic rings. The molecule has 0 aliphatic heterocycles. The maximum Gasteiger partial charge on any atom is 0.157 e. The van der Waals surface area contributed by atoms with Crippen LogP contribution in [0.4, 0.5) is 11.5 Å². The molecule has 5 nitrogen and oxygen atoms in total. The fourth-order valence-corrected chi connectivity index (χ4v) is 1.71. The molecule has 0 saturated heterocycles. The van der Waals surface area contributed by atoms with Crippen molar-refractivity contribution in [3.05, 3.63) is 48.5 Å². The topological polar surface area (TPSA) is 55.1 Å². The molecule has 0 aliphatic carbocycles. The van der Waals surface area contributed by atoms with Gasteiger partial charge in [-0.1, -0.05) is 6.07 Å². The number of hydrogen-bond donors (Lipinski definition) is 1. The minimum absolute atomic E-state index is 0.820. The Morgan fingerprint density at radius 1 is 1.18 bits per heavy atom. The molecule has 17 heavy (non-hydrogen) atoms. The number of rotatable bonds is 2. The van der Waals surface area contributed by atoms with Crippen LogP contribution in [0, 0.1) is 6.92 Å². The SMILES string of the molecule is Cc1cc(Nc2cccc3ncnn23)ccn1. The number of nitrogens with one attached hydrogen (secondary N) is 1. The Labute approximate surface area is 98.1 Å². The quantitative estimate of drug-likeness (QED) is 0.726. The predicted octanol–water partition coefficient (Wildman–Crippen LogP) is 2.18. The highest BCUT2D eigenvalue weighted by molar-refractivity contribution is 5.59. The van der Waals surface area contributed by atoms with Crippen LogP contribution >= 0.6 is 0 Å². The van der Waals surface area contributed by atoms with Gasteiger partial charge in [0.05, 0.1) is 0 Å². The van der Waals surface area contributed by atoms with Crippen molar-refractivity contribution >= 4 is 17.2 Å². The van der Waals surface area contributed by atoms with Crippen LogP contribution in [0.3, 0.4) is 0 Å². The summed E-state index contributed by atoms with van der Waals surface area (Å²) < 4.78 is 1.76. The van der Waals surface area contributed by atoms with Crippen LogP contribution in [0.1, 0.15) is 5.69 Å². The smallest absolute Gasteiger partial charge is 0.157 e. The van der Waals surface area contributed by atoms with E-state index < -0.39 is 0 Å². The lowest BCUT2D eigenvalue weighted by Crippen LogP contribution is -1.99. The zero-order valence-electron chi connectivity index (χ0n) is 9.33. The maximum atomic E-state index is 4.16. The van der Waals surface area contributed by atoms with E-state index in [2.05, 4.69) is 20.4 Å². The molecule has 0 amide bonds. The summed E-state index contributed by atoms with van der Waals surface area (Å²) in [5.74, 6) is 0.880. The lowest BCUT2D eigenvalue weighted by atomic mass is 10.3. The average Bonchev–Trinajstić information content (AvgIpc) is 2.78. The minimum Gasteiger partial charge on any atom is -0.340 e. The van der Waals surface area contributed by atoms with Gasteiger partial charge in [-0.15, -0.1) is 0 Å². The van der Waals surface area contributed by atoms with Crippen molar-refractivity contribution in [1.82, 2.24) is 19.6 Å². The van der Waals surface area contributed by atoms with Crippen molar-refractivity contribution in [2.45, 2.75) is 6.92 Å². The Balaban J connectivity index is 2.02. The number of hydrogen-bond acceptors (Lipinski definition) is 4. The van der Waals surface area contributed by atoms with Crippen LogP contribution in [0.25, 0.3) is 5.65 Å². The summed E-state index contributed by atoms with van der Waals surface area (Å²) in [6.45, 7) is 1.96. The van der Waals surface area contributed by atoms with Gasteiger partial charge in [-0.2, -0.15) is 9.61 Å². The molecule has 84 valence electrons. The number of aryl methyl sites for hydroxylation is 1. The largest absolute Gasteiger partial charge is 0.340 e. The highest BCUT2D eigenvalue weighted by Gasteiger charge is 2.02. The molecule has 0 unspecified atom stereocenters. The van der Waals surface area contributed by atoms with Crippen LogP contribution in [-0.2, 0) is 0 Å². The summed E-state index contributed by atoms with van der Waals surface area (Å²) in [5.41, 5.74) is 2.78. The van der Waals surface area contributed by atoms with Crippen molar-refractivity contribution in [2.24, 2.45) is 0 Å². The zero-order valence-corrected chi connectivity index (χ0v) is 9.33. The number of nitrogens with zero attached hydrogens (tertiary/aromatic N) is 4. The first-order valence-electron chi connectivity index (χ1n) is 5.31. The van der Waals surface area contributed by atoms with E-state index in [0.717, 1.165) is 22.8 Å². The van der Waals surface area contributed by atoms with E-state index in [1.54, 1.807) is 10.7 Å². The predicted molar refractivity (Wildman–Crippen MR) is 65.2 cm³/mol. The molecular weight excluding hydrogens is 214 g/mol. The molecule has 0 bridgehead atoms. The van der Waals surface area contributed by atoms with Crippen molar-refractivity contribution in [3.8, 4) is 0 Å². The standard InChI is InChI=1S/C12H11N5/c1-9-7-10(5-6-13-9)16-12-4-2-3-11-14-8-15-17(11)12/h2-8H,1H3,(H,13,16). The number of pyridine rings is 2. The third-order valence-electron chi connectivity index (χ3n) is 2.47. The fourth-order valence-electron chi connectivity index (χ4n) is 1.71. The second kappa shape index (κ2) is 3.86. The fraction of sp³-hybridized carbons (Fsp3) is 0.0833. The van der Waals surface area contributed by atoms with E-state index >= 15 is 0 Å². The van der Waals surface area contributed by atoms with E-state index in [1.807, 2.05) is 37.3 Å². The molecular formula is C12H11N5. The van der Waals surface area contributed by atoms with E-state index in [9.17, 15) is 0 Å². The van der Waals surface area contributed by atoms with Gasteiger partial charge in [0.1, 0.15) is 12.1 Å². The second-order valence-corrected chi connectivity index (χ2v) is 3.75. The summed E-state index contributed by atoms with van der Waals surface area (Å²) in [4.78, 5) is 8.30. The second-order valence-electron chi connectivity index (χ2n) is 3.75. The molecule has 3 heterocycles. The molecule has 0 aliphatic rings. The first-order chi connectivity index (χ1) is 8.33. The zero-order chi connectivity index (χ0) is 11.7. The van der Waals surface area contributed by atoms with Crippen LogP contribution < -0.4 is 5.32 Å². The van der Waals surface area contributed by atoms with E-state index in [-0.39, 0.29) is 0 Å². The molecule has 0 fully saturated rings. The van der Waals surface area contributed by atoms with Gasteiger partial charge in [0, 0.05) is 17.6 Å². The Morgan fingerprint density at radius 3 is 3.00 bits per heavy atom. The molecule has 0 aromatic carbocycles. The van der Waals surface area contributed by atoms with Crippen LogP contribution in [-0.4, -0.2) is 19.6 Å². The van der Waals surface area contributed by atoms with Crippen LogP contribution in [0.2, 0.25) is 0 Å². The van der Waals surface area contributed by atoms with Crippen molar-refractivity contribution in [1.29, 1.82) is 0 Å². The molecule has 1 N–H and O–H groups in total. The molecule has 5 heteroatoms. The van der Waals surface area contributed by atoms with E-state index in [1.165, 1.54) is 6.33 Å². The van der Waals surface area contributed by atoms with Gasteiger partial charge in [0.25, 0.3) is 0 Å². The summed E-state index contributed by atoms with van der Waals surface area (Å²) in [6, 6.07) is 9.71. The van der Waals surface area contributed by atoms with Crippen molar-refractivity contribution in [2.75, 3.05) is 5.32 Å².